The van der Waals surface area contributed by atoms with E-state index in [9.17, 15) is 9.59 Å². The highest BCUT2D eigenvalue weighted by Crippen LogP contribution is 1.96. The van der Waals surface area contributed by atoms with Crippen LogP contribution in [0.4, 0.5) is 0 Å². The molecule has 0 bridgehead atoms. The fraction of sp³-hybridized carbons (Fsp3) is 0.714. The van der Waals surface area contributed by atoms with E-state index in [-0.39, 0.29) is 31.2 Å². The molecule has 5 nitrogen and oxygen atoms in total. The number of carbonyl (C=O) groups is 2. The van der Waals surface area contributed by atoms with Crippen molar-refractivity contribution in [3.05, 3.63) is 0 Å². The van der Waals surface area contributed by atoms with Crippen molar-refractivity contribution < 1.29 is 14.3 Å². The molecule has 0 rings (SSSR count). The maximum absolute atomic E-state index is 10.7. The predicted molar refractivity (Wildman–Crippen MR) is 50.3 cm³/mol. The number of nitrogens with two attached hydrogens (primary N) is 2. The molecule has 0 saturated heterocycles. The summed E-state index contributed by atoms with van der Waals surface area (Å²) >= 11 is 0. The molecular formula is C7H15ClN2O3. The van der Waals surface area contributed by atoms with Crippen LogP contribution in [0.2, 0.25) is 0 Å². The molecule has 6 heteroatoms. The maximum Gasteiger partial charge on any atom is 0.305 e. The third kappa shape index (κ3) is 7.55. The minimum absolute atomic E-state index is 0. The summed E-state index contributed by atoms with van der Waals surface area (Å²) in [5, 5.41) is 0. The molecule has 0 radical (unpaired) electrons. The molecular weight excluding hydrogens is 196 g/mol. The van der Waals surface area contributed by atoms with Crippen LogP contribution < -0.4 is 11.5 Å². The molecule has 78 valence electrons. The molecule has 0 aromatic rings. The molecule has 0 saturated carbocycles. The van der Waals surface area contributed by atoms with Gasteiger partial charge in [0.15, 0.2) is 0 Å². The van der Waals surface area contributed by atoms with Gasteiger partial charge in [0, 0.05) is 6.42 Å². The van der Waals surface area contributed by atoms with Crippen LogP contribution in [0.5, 0.6) is 0 Å². The smallest absolute Gasteiger partial charge is 0.305 e. The molecule has 0 aliphatic rings. The van der Waals surface area contributed by atoms with Crippen LogP contribution in [0.25, 0.3) is 0 Å². The maximum atomic E-state index is 10.7. The summed E-state index contributed by atoms with van der Waals surface area (Å²) in [5.41, 5.74) is 10.2. The third-order valence-corrected chi connectivity index (χ3v) is 1.33. The van der Waals surface area contributed by atoms with E-state index in [0.29, 0.717) is 6.61 Å². The molecule has 0 aliphatic carbocycles. The van der Waals surface area contributed by atoms with Crippen LogP contribution >= 0.6 is 12.4 Å². The number of ether oxygens (including phenoxy) is 1. The zero-order valence-electron chi connectivity index (χ0n) is 7.49. The van der Waals surface area contributed by atoms with Gasteiger partial charge in [0.2, 0.25) is 5.91 Å². The van der Waals surface area contributed by atoms with E-state index >= 15 is 0 Å². The van der Waals surface area contributed by atoms with E-state index in [0.717, 1.165) is 0 Å². The lowest BCUT2D eigenvalue weighted by molar-refractivity contribution is -0.143. The fourth-order valence-corrected chi connectivity index (χ4v) is 0.649. The first-order valence-electron chi connectivity index (χ1n) is 3.78. The van der Waals surface area contributed by atoms with Crippen molar-refractivity contribution in [1.29, 1.82) is 0 Å². The Morgan fingerprint density at radius 1 is 1.46 bits per heavy atom. The Labute approximate surface area is 83.2 Å². The Kier molecular flexibility index (Phi) is 8.84. The largest absolute Gasteiger partial charge is 0.466 e. The number of hydrogen-bond donors (Lipinski definition) is 2. The first-order valence-corrected chi connectivity index (χ1v) is 3.78. The third-order valence-electron chi connectivity index (χ3n) is 1.33. The van der Waals surface area contributed by atoms with Crippen molar-refractivity contribution in [1.82, 2.24) is 0 Å². The first-order chi connectivity index (χ1) is 5.57. The Hall–Kier alpha value is -0.810. The van der Waals surface area contributed by atoms with Crippen molar-refractivity contribution in [3.8, 4) is 0 Å². The predicted octanol–water partition coefficient (Wildman–Crippen LogP) is -0.436. The minimum atomic E-state index is -0.755. The van der Waals surface area contributed by atoms with Gasteiger partial charge in [-0.15, -0.1) is 12.4 Å². The van der Waals surface area contributed by atoms with E-state index in [1.807, 2.05) is 0 Å². The number of primary amides is 1. The minimum Gasteiger partial charge on any atom is -0.466 e. The second-order valence-corrected chi connectivity index (χ2v) is 2.35. The number of hydrogen-bond acceptors (Lipinski definition) is 4. The number of rotatable bonds is 5. The van der Waals surface area contributed by atoms with E-state index in [4.69, 9.17) is 11.5 Å². The standard InChI is InChI=1S/C7H14N2O3.ClH/c1-2-12-6(10)4-3-5(8)7(9)11;/h5H,2-4,8H2,1H3,(H2,9,11);1H. The molecule has 4 N–H and O–H groups in total. The Bertz CT molecular complexity index is 175. The summed E-state index contributed by atoms with van der Waals surface area (Å²) < 4.78 is 4.63. The topological polar surface area (TPSA) is 95.4 Å². The number of halogens is 1. The molecule has 0 fully saturated rings. The van der Waals surface area contributed by atoms with E-state index in [2.05, 4.69) is 4.74 Å². The van der Waals surface area contributed by atoms with Gasteiger partial charge in [-0.05, 0) is 13.3 Å². The van der Waals surface area contributed by atoms with Crippen LogP contribution in [-0.4, -0.2) is 24.5 Å². The van der Waals surface area contributed by atoms with Gasteiger partial charge >= 0.3 is 5.97 Å². The molecule has 13 heavy (non-hydrogen) atoms. The quantitative estimate of drug-likeness (QED) is 0.602. The van der Waals surface area contributed by atoms with Crippen LogP contribution in [0.1, 0.15) is 19.8 Å². The highest BCUT2D eigenvalue weighted by atomic mass is 35.5. The molecule has 0 aliphatic heterocycles. The van der Waals surface area contributed by atoms with Crippen molar-refractivity contribution >= 4 is 24.3 Å². The summed E-state index contributed by atoms with van der Waals surface area (Å²) in [6.07, 6.45) is 0.381. The zero-order chi connectivity index (χ0) is 9.56. The monoisotopic (exact) mass is 210 g/mol. The lowest BCUT2D eigenvalue weighted by Gasteiger charge is -2.05. The van der Waals surface area contributed by atoms with Crippen molar-refractivity contribution in [2.75, 3.05) is 6.61 Å². The van der Waals surface area contributed by atoms with Gasteiger partial charge in [-0.3, -0.25) is 9.59 Å². The van der Waals surface area contributed by atoms with Crippen LogP contribution in [0.15, 0.2) is 0 Å². The average Bonchev–Trinajstić information content (AvgIpc) is 2.00. The summed E-state index contributed by atoms with van der Waals surface area (Å²) in [4.78, 5) is 21.2. The lowest BCUT2D eigenvalue weighted by atomic mass is 10.1. The van der Waals surface area contributed by atoms with Crippen LogP contribution in [-0.2, 0) is 14.3 Å². The molecule has 1 amide bonds. The second kappa shape index (κ2) is 7.82. The normalized spacial score (nSPS) is 11.2. The SMILES string of the molecule is CCOC(=O)CCC(N)C(N)=O.Cl. The second-order valence-electron chi connectivity index (χ2n) is 2.35. The van der Waals surface area contributed by atoms with Gasteiger partial charge in [-0.25, -0.2) is 0 Å². The average molecular weight is 211 g/mol. The molecule has 1 unspecified atom stereocenters. The van der Waals surface area contributed by atoms with Gasteiger partial charge in [-0.1, -0.05) is 0 Å². The molecule has 0 aromatic carbocycles. The highest BCUT2D eigenvalue weighted by Gasteiger charge is 2.11. The molecule has 0 aromatic heterocycles. The van der Waals surface area contributed by atoms with E-state index in [1.165, 1.54) is 0 Å². The lowest BCUT2D eigenvalue weighted by Crippen LogP contribution is -2.36. The number of esters is 1. The molecule has 0 spiro atoms. The van der Waals surface area contributed by atoms with E-state index < -0.39 is 11.9 Å². The number of carbonyl (C=O) groups excluding carboxylic acids is 2. The molecule has 1 atom stereocenters. The number of amides is 1. The summed E-state index contributed by atoms with van der Waals surface area (Å²) in [5.74, 6) is -0.950. The van der Waals surface area contributed by atoms with Crippen molar-refractivity contribution in [2.45, 2.75) is 25.8 Å². The van der Waals surface area contributed by atoms with Gasteiger partial charge in [-0.2, -0.15) is 0 Å². The zero-order valence-corrected chi connectivity index (χ0v) is 8.30. The first kappa shape index (κ1) is 14.7. The Morgan fingerprint density at radius 3 is 2.38 bits per heavy atom. The van der Waals surface area contributed by atoms with Gasteiger partial charge in [0.1, 0.15) is 0 Å². The Morgan fingerprint density at radius 2 is 2.00 bits per heavy atom. The van der Waals surface area contributed by atoms with Crippen molar-refractivity contribution in [3.63, 3.8) is 0 Å². The van der Waals surface area contributed by atoms with Gasteiger partial charge < -0.3 is 16.2 Å². The van der Waals surface area contributed by atoms with E-state index in [1.54, 1.807) is 6.92 Å². The van der Waals surface area contributed by atoms with Gasteiger partial charge in [0.05, 0.1) is 12.6 Å². The Balaban J connectivity index is 0. The fourth-order valence-electron chi connectivity index (χ4n) is 0.649. The molecule has 0 heterocycles. The highest BCUT2D eigenvalue weighted by molar-refractivity contribution is 5.85. The summed E-state index contributed by atoms with van der Waals surface area (Å²) in [6, 6.07) is -0.755. The summed E-state index contributed by atoms with van der Waals surface area (Å²) in [7, 11) is 0. The van der Waals surface area contributed by atoms with Gasteiger partial charge in [0.25, 0.3) is 0 Å². The van der Waals surface area contributed by atoms with Crippen molar-refractivity contribution in [2.24, 2.45) is 11.5 Å². The summed E-state index contributed by atoms with van der Waals surface area (Å²) in [6.45, 7) is 2.05. The van der Waals surface area contributed by atoms with Crippen LogP contribution in [0, 0.1) is 0 Å². The van der Waals surface area contributed by atoms with Crippen LogP contribution in [0.3, 0.4) is 0 Å².